The lowest BCUT2D eigenvalue weighted by atomic mass is 10.1. The molecular weight excluding hydrogens is 121 g/mol. The maximum Gasteiger partial charge on any atom is 0.226 e. The first-order chi connectivity index (χ1) is 4.26. The van der Waals surface area contributed by atoms with Gasteiger partial charge in [-0.25, -0.2) is 0 Å². The molecule has 9 heavy (non-hydrogen) atoms. The van der Waals surface area contributed by atoms with Crippen LogP contribution in [0.2, 0.25) is 0 Å². The average Bonchev–Trinajstić information content (AvgIpc) is 1.90. The van der Waals surface area contributed by atoms with Crippen LogP contribution < -0.4 is 5.23 Å². The second-order valence-corrected chi connectivity index (χ2v) is 1.57. The van der Waals surface area contributed by atoms with Gasteiger partial charge in [0.1, 0.15) is 0 Å². The minimum atomic E-state index is -0.796. The molecule has 0 aromatic carbocycles. The molecule has 1 amide bonds. The summed E-state index contributed by atoms with van der Waals surface area (Å²) in [5.41, 5.74) is 0. The molecule has 0 unspecified atom stereocenters. The number of amides is 1. The van der Waals surface area contributed by atoms with E-state index in [0.29, 0.717) is 0 Å². The number of aliphatic hydroxyl groups is 2. The molecule has 0 aliphatic heterocycles. The highest BCUT2D eigenvalue weighted by molar-refractivity contribution is 6.14. The topological polar surface area (TPSA) is 69.6 Å². The van der Waals surface area contributed by atoms with Crippen molar-refractivity contribution in [3.05, 3.63) is 0 Å². The average molecular weight is 129 g/mol. The molecule has 0 bridgehead atoms. The zero-order chi connectivity index (χ0) is 7.28. The fourth-order valence-electron chi connectivity index (χ4n) is 0.341. The normalized spacial score (nSPS) is 9.67. The van der Waals surface area contributed by atoms with Gasteiger partial charge < -0.3 is 15.4 Å². The van der Waals surface area contributed by atoms with Gasteiger partial charge in [0.05, 0.1) is 19.1 Å². The van der Waals surface area contributed by atoms with E-state index >= 15 is 0 Å². The molecule has 0 spiro atoms. The van der Waals surface area contributed by atoms with E-state index in [4.69, 9.17) is 18.2 Å². The Labute approximate surface area is 54.3 Å². The summed E-state index contributed by atoms with van der Waals surface area (Å²) in [6, 6.07) is 0. The molecule has 0 aromatic rings. The van der Waals surface area contributed by atoms with Crippen molar-refractivity contribution >= 4 is 13.9 Å². The van der Waals surface area contributed by atoms with Crippen molar-refractivity contribution in [3.8, 4) is 0 Å². The molecule has 0 saturated carbocycles. The van der Waals surface area contributed by atoms with E-state index in [1.807, 2.05) is 5.23 Å². The Morgan fingerprint density at radius 3 is 2.11 bits per heavy atom. The molecule has 0 rings (SSSR count). The Balaban J connectivity index is 3.64. The third-order valence-electron chi connectivity index (χ3n) is 0.954. The van der Waals surface area contributed by atoms with Crippen molar-refractivity contribution in [2.24, 2.45) is 5.92 Å². The molecule has 0 saturated heterocycles. The Hall–Kier alpha value is -0.545. The summed E-state index contributed by atoms with van der Waals surface area (Å²) in [5.74, 6) is -1.35. The molecule has 4 nitrogen and oxygen atoms in total. The lowest BCUT2D eigenvalue weighted by molar-refractivity contribution is -0.125. The van der Waals surface area contributed by atoms with E-state index in [1.54, 1.807) is 0 Å². The number of carbonyl (C=O) groups is 1. The summed E-state index contributed by atoms with van der Waals surface area (Å²) >= 11 is 0. The monoisotopic (exact) mass is 129 g/mol. The van der Waals surface area contributed by atoms with E-state index in [2.05, 4.69) is 0 Å². The maximum absolute atomic E-state index is 10.4. The Morgan fingerprint density at radius 1 is 1.56 bits per heavy atom. The van der Waals surface area contributed by atoms with Crippen LogP contribution >= 0.6 is 0 Å². The van der Waals surface area contributed by atoms with Gasteiger partial charge in [-0.3, -0.25) is 4.79 Å². The highest BCUT2D eigenvalue weighted by Crippen LogP contribution is 1.90. The highest BCUT2D eigenvalue weighted by Gasteiger charge is 2.12. The molecule has 50 valence electrons. The van der Waals surface area contributed by atoms with E-state index < -0.39 is 11.8 Å². The third kappa shape index (κ3) is 2.48. The fourth-order valence-corrected chi connectivity index (χ4v) is 0.341. The van der Waals surface area contributed by atoms with Crippen molar-refractivity contribution < 1.29 is 15.0 Å². The number of rotatable bonds is 3. The molecule has 0 aromatic heterocycles. The van der Waals surface area contributed by atoms with Gasteiger partial charge in [0, 0.05) is 0 Å². The summed E-state index contributed by atoms with van der Waals surface area (Å²) in [5, 5.41) is 18.5. The van der Waals surface area contributed by atoms with Gasteiger partial charge in [0.15, 0.2) is 0 Å². The fraction of sp³-hybridized carbons (Fsp3) is 0.750. The first-order valence-electron chi connectivity index (χ1n) is 2.48. The Morgan fingerprint density at radius 2 is 2.00 bits per heavy atom. The lowest BCUT2D eigenvalue weighted by Crippen LogP contribution is -2.32. The van der Waals surface area contributed by atoms with Crippen LogP contribution in [0, 0.1) is 5.92 Å². The van der Waals surface area contributed by atoms with Gasteiger partial charge in [-0.2, -0.15) is 0 Å². The lowest BCUT2D eigenvalue weighted by Gasteiger charge is -2.07. The van der Waals surface area contributed by atoms with Gasteiger partial charge in [0.25, 0.3) is 0 Å². The van der Waals surface area contributed by atoms with Crippen molar-refractivity contribution in [1.82, 2.24) is 5.23 Å². The number of hydrogen-bond donors (Lipinski definition) is 3. The molecule has 0 fully saturated rings. The highest BCUT2D eigenvalue weighted by atomic mass is 16.3. The van der Waals surface area contributed by atoms with Crippen molar-refractivity contribution in [3.63, 3.8) is 0 Å². The summed E-state index contributed by atoms with van der Waals surface area (Å²) in [6.07, 6.45) is 0. The predicted octanol–water partition coefficient (Wildman–Crippen LogP) is -2.21. The van der Waals surface area contributed by atoms with Crippen molar-refractivity contribution in [2.75, 3.05) is 13.2 Å². The van der Waals surface area contributed by atoms with E-state index in [0.717, 1.165) is 0 Å². The van der Waals surface area contributed by atoms with Gasteiger partial charge in [0.2, 0.25) is 13.9 Å². The standard InChI is InChI=1S/C4H8BNO3/c5-6-4(9)3(1-7)2-8/h3,7-8H,1-2H2,(H,6,9). The zero-order valence-electron chi connectivity index (χ0n) is 4.87. The molecule has 5 heteroatoms. The summed E-state index contributed by atoms with van der Waals surface area (Å²) < 4.78 is 0. The second-order valence-electron chi connectivity index (χ2n) is 1.57. The molecule has 0 aliphatic carbocycles. The first-order valence-corrected chi connectivity index (χ1v) is 2.48. The first kappa shape index (κ1) is 8.45. The van der Waals surface area contributed by atoms with Crippen LogP contribution in [0.3, 0.4) is 0 Å². The Kier molecular flexibility index (Phi) is 4.08. The summed E-state index contributed by atoms with van der Waals surface area (Å²) in [6.45, 7) is -0.779. The van der Waals surface area contributed by atoms with E-state index in [9.17, 15) is 4.79 Å². The van der Waals surface area contributed by atoms with E-state index in [-0.39, 0.29) is 13.2 Å². The van der Waals surface area contributed by atoms with Crippen LogP contribution in [0.4, 0.5) is 0 Å². The van der Waals surface area contributed by atoms with E-state index in [1.165, 1.54) is 0 Å². The molecule has 0 heterocycles. The van der Waals surface area contributed by atoms with Crippen LogP contribution in [0.15, 0.2) is 0 Å². The van der Waals surface area contributed by atoms with Gasteiger partial charge >= 0.3 is 0 Å². The maximum atomic E-state index is 10.4. The Bertz CT molecular complexity index is 93.8. The van der Waals surface area contributed by atoms with Gasteiger partial charge in [-0.15, -0.1) is 0 Å². The van der Waals surface area contributed by atoms with Crippen LogP contribution in [-0.4, -0.2) is 37.3 Å². The minimum absolute atomic E-state index is 0.389. The van der Waals surface area contributed by atoms with Crippen LogP contribution in [0.1, 0.15) is 0 Å². The smallest absolute Gasteiger partial charge is 0.226 e. The number of aliphatic hydroxyl groups excluding tert-OH is 2. The second kappa shape index (κ2) is 4.35. The zero-order valence-corrected chi connectivity index (χ0v) is 4.87. The largest absolute Gasteiger partial charge is 0.409 e. The predicted molar refractivity (Wildman–Crippen MR) is 31.6 cm³/mol. The third-order valence-corrected chi connectivity index (χ3v) is 0.954. The van der Waals surface area contributed by atoms with Crippen molar-refractivity contribution in [2.45, 2.75) is 0 Å². The molecule has 3 N–H and O–H groups in total. The quantitative estimate of drug-likeness (QED) is 0.378. The van der Waals surface area contributed by atoms with Gasteiger partial charge in [-0.1, -0.05) is 0 Å². The number of nitrogens with one attached hydrogen (secondary N) is 1. The van der Waals surface area contributed by atoms with Gasteiger partial charge in [-0.05, 0) is 0 Å². The molecule has 2 radical (unpaired) electrons. The molecule has 0 atom stereocenters. The minimum Gasteiger partial charge on any atom is -0.409 e. The van der Waals surface area contributed by atoms with Crippen molar-refractivity contribution in [1.29, 1.82) is 0 Å². The molecule has 0 aliphatic rings. The van der Waals surface area contributed by atoms with Crippen LogP contribution in [-0.2, 0) is 4.79 Å². The number of hydrogen-bond acceptors (Lipinski definition) is 3. The molecular formula is C4H8BNO3. The summed E-state index contributed by atoms with van der Waals surface area (Å²) in [7, 11) is 4.70. The van der Waals surface area contributed by atoms with Crippen LogP contribution in [0.5, 0.6) is 0 Å². The number of carbonyl (C=O) groups excluding carboxylic acids is 1. The summed E-state index contributed by atoms with van der Waals surface area (Å²) in [4.78, 5) is 10.4. The SMILES string of the molecule is [B]NC(=O)C(CO)CO. The van der Waals surface area contributed by atoms with Crippen LogP contribution in [0.25, 0.3) is 0 Å².